The lowest BCUT2D eigenvalue weighted by Gasteiger charge is -2.27. The van der Waals surface area contributed by atoms with Crippen molar-refractivity contribution in [2.75, 3.05) is 6.54 Å². The maximum Gasteiger partial charge on any atom is 0.309 e. The van der Waals surface area contributed by atoms with Crippen LogP contribution in [-0.2, 0) is 9.59 Å². The number of carboxylic acid groups (broad SMARTS) is 1. The van der Waals surface area contributed by atoms with Crippen molar-refractivity contribution in [3.8, 4) is 0 Å². The summed E-state index contributed by atoms with van der Waals surface area (Å²) in [4.78, 5) is 25.4. The topological polar surface area (TPSA) is 75.4 Å². The van der Waals surface area contributed by atoms with Crippen LogP contribution in [0.15, 0.2) is 12.4 Å². The Kier molecular flexibility index (Phi) is 4.34. The van der Waals surface area contributed by atoms with Crippen molar-refractivity contribution in [2.45, 2.75) is 46.2 Å². The summed E-state index contributed by atoms with van der Waals surface area (Å²) in [6.45, 7) is 8.64. The van der Waals surface area contributed by atoms with Crippen LogP contribution in [0.4, 0.5) is 0 Å². The number of hydrogen-bond donors (Lipinski definition) is 1. The highest BCUT2D eigenvalue weighted by Crippen LogP contribution is 2.38. The largest absolute Gasteiger partial charge is 0.481 e. The van der Waals surface area contributed by atoms with Crippen molar-refractivity contribution in [3.63, 3.8) is 0 Å². The first-order chi connectivity index (χ1) is 9.81. The maximum absolute atomic E-state index is 12.2. The quantitative estimate of drug-likeness (QED) is 0.902. The monoisotopic (exact) mass is 293 g/mol. The van der Waals surface area contributed by atoms with Crippen LogP contribution in [0.25, 0.3) is 0 Å². The van der Waals surface area contributed by atoms with E-state index in [2.05, 4.69) is 5.10 Å². The van der Waals surface area contributed by atoms with Crippen LogP contribution in [0.5, 0.6) is 0 Å². The van der Waals surface area contributed by atoms with E-state index >= 15 is 0 Å². The number of aliphatic carboxylic acids is 1. The van der Waals surface area contributed by atoms with Gasteiger partial charge in [0, 0.05) is 30.8 Å². The second-order valence-corrected chi connectivity index (χ2v) is 6.38. The van der Waals surface area contributed by atoms with Crippen LogP contribution in [0.2, 0.25) is 0 Å². The van der Waals surface area contributed by atoms with E-state index in [4.69, 9.17) is 0 Å². The number of carbonyl (C=O) groups excluding carboxylic acids is 1. The minimum atomic E-state index is -0.920. The smallest absolute Gasteiger partial charge is 0.309 e. The summed E-state index contributed by atoms with van der Waals surface area (Å²) in [5, 5.41) is 13.7. The zero-order valence-corrected chi connectivity index (χ0v) is 13.0. The number of carbonyl (C=O) groups is 2. The molecule has 1 aromatic heterocycles. The number of amides is 1. The second kappa shape index (κ2) is 5.87. The number of nitrogens with zero attached hydrogens (tertiary/aromatic N) is 3. The number of carboxylic acids is 1. The van der Waals surface area contributed by atoms with Gasteiger partial charge in [-0.3, -0.25) is 14.3 Å². The lowest BCUT2D eigenvalue weighted by Crippen LogP contribution is -2.33. The molecule has 2 rings (SSSR count). The van der Waals surface area contributed by atoms with Crippen molar-refractivity contribution < 1.29 is 14.7 Å². The molecule has 0 radical (unpaired) electrons. The Balaban J connectivity index is 2.36. The molecule has 1 amide bonds. The van der Waals surface area contributed by atoms with Gasteiger partial charge in [-0.25, -0.2) is 0 Å². The molecule has 1 fully saturated rings. The average molecular weight is 293 g/mol. The highest BCUT2D eigenvalue weighted by molar-refractivity contribution is 5.87. The molecular formula is C15H23N3O3. The Labute approximate surface area is 124 Å². The van der Waals surface area contributed by atoms with Crippen LogP contribution in [0.1, 0.15) is 51.8 Å². The molecule has 21 heavy (non-hydrogen) atoms. The van der Waals surface area contributed by atoms with Crippen LogP contribution in [-0.4, -0.2) is 38.2 Å². The summed E-state index contributed by atoms with van der Waals surface area (Å²) in [6.07, 6.45) is 3.61. The van der Waals surface area contributed by atoms with Gasteiger partial charge in [0.05, 0.1) is 18.2 Å². The third kappa shape index (κ3) is 3.09. The summed E-state index contributed by atoms with van der Waals surface area (Å²) >= 11 is 0. The van der Waals surface area contributed by atoms with E-state index < -0.39 is 17.9 Å². The fourth-order valence-electron chi connectivity index (χ4n) is 2.82. The summed E-state index contributed by atoms with van der Waals surface area (Å²) in [7, 11) is 0. The molecule has 1 N–H and O–H groups in total. The Morgan fingerprint density at radius 3 is 2.57 bits per heavy atom. The molecule has 1 aromatic rings. The Morgan fingerprint density at radius 1 is 1.43 bits per heavy atom. The fourth-order valence-corrected chi connectivity index (χ4v) is 2.82. The summed E-state index contributed by atoms with van der Waals surface area (Å²) in [5.41, 5.74) is 0.808. The molecule has 0 spiro atoms. The molecule has 0 aliphatic carbocycles. The standard InChI is InChI=1S/C15H23N3O3/c1-9(2)7-17-13(19)5-12(15(20)21)14(17)11-6-16-18(8-11)10(3)4/h6,8-10,12,14H,5,7H2,1-4H3,(H,20,21). The van der Waals surface area contributed by atoms with Gasteiger partial charge in [0.1, 0.15) is 0 Å². The molecular weight excluding hydrogens is 270 g/mol. The predicted octanol–water partition coefficient (Wildman–Crippen LogP) is 2.09. The van der Waals surface area contributed by atoms with E-state index in [1.54, 1.807) is 15.8 Å². The third-order valence-electron chi connectivity index (χ3n) is 3.80. The van der Waals surface area contributed by atoms with Gasteiger partial charge in [0.15, 0.2) is 0 Å². The molecule has 2 atom stereocenters. The van der Waals surface area contributed by atoms with E-state index in [9.17, 15) is 14.7 Å². The van der Waals surface area contributed by atoms with Crippen molar-refractivity contribution in [1.29, 1.82) is 0 Å². The molecule has 1 saturated heterocycles. The van der Waals surface area contributed by atoms with Crippen LogP contribution >= 0.6 is 0 Å². The third-order valence-corrected chi connectivity index (χ3v) is 3.80. The van der Waals surface area contributed by atoms with Crippen molar-refractivity contribution in [2.24, 2.45) is 11.8 Å². The number of aromatic nitrogens is 2. The predicted molar refractivity (Wildman–Crippen MR) is 77.6 cm³/mol. The van der Waals surface area contributed by atoms with Gasteiger partial charge in [0.25, 0.3) is 0 Å². The lowest BCUT2D eigenvalue weighted by molar-refractivity contribution is -0.142. The first kappa shape index (κ1) is 15.5. The van der Waals surface area contributed by atoms with Crippen molar-refractivity contribution in [1.82, 2.24) is 14.7 Å². The van der Waals surface area contributed by atoms with Gasteiger partial charge in [0.2, 0.25) is 5.91 Å². The van der Waals surface area contributed by atoms with E-state index in [0.717, 1.165) is 5.56 Å². The first-order valence-corrected chi connectivity index (χ1v) is 7.37. The van der Waals surface area contributed by atoms with Gasteiger partial charge in [-0.05, 0) is 19.8 Å². The Bertz CT molecular complexity index is 536. The van der Waals surface area contributed by atoms with E-state index in [1.807, 2.05) is 33.9 Å². The highest BCUT2D eigenvalue weighted by Gasteiger charge is 2.45. The van der Waals surface area contributed by atoms with Crippen molar-refractivity contribution >= 4 is 11.9 Å². The van der Waals surface area contributed by atoms with E-state index in [0.29, 0.717) is 12.5 Å². The molecule has 0 saturated carbocycles. The molecule has 6 heteroatoms. The summed E-state index contributed by atoms with van der Waals surface area (Å²) in [6, 6.07) is -0.206. The van der Waals surface area contributed by atoms with Gasteiger partial charge in [-0.2, -0.15) is 5.10 Å². The fraction of sp³-hybridized carbons (Fsp3) is 0.667. The normalized spacial score (nSPS) is 22.6. The van der Waals surface area contributed by atoms with E-state index in [-0.39, 0.29) is 18.4 Å². The molecule has 6 nitrogen and oxygen atoms in total. The van der Waals surface area contributed by atoms with Gasteiger partial charge >= 0.3 is 5.97 Å². The second-order valence-electron chi connectivity index (χ2n) is 6.38. The van der Waals surface area contributed by atoms with E-state index in [1.165, 1.54) is 0 Å². The van der Waals surface area contributed by atoms with Crippen LogP contribution in [0.3, 0.4) is 0 Å². The number of likely N-dealkylation sites (tertiary alicyclic amines) is 1. The molecule has 2 heterocycles. The molecule has 1 aliphatic rings. The minimum Gasteiger partial charge on any atom is -0.481 e. The molecule has 1 aliphatic heterocycles. The van der Waals surface area contributed by atoms with Gasteiger partial charge in [-0.1, -0.05) is 13.8 Å². The van der Waals surface area contributed by atoms with Gasteiger partial charge in [-0.15, -0.1) is 0 Å². The SMILES string of the molecule is CC(C)CN1C(=O)CC(C(=O)O)C1c1cnn(C(C)C)c1. The number of hydrogen-bond acceptors (Lipinski definition) is 3. The van der Waals surface area contributed by atoms with Gasteiger partial charge < -0.3 is 10.0 Å². The minimum absolute atomic E-state index is 0.0690. The Hall–Kier alpha value is -1.85. The average Bonchev–Trinajstić information content (AvgIpc) is 2.95. The molecule has 2 unspecified atom stereocenters. The zero-order valence-electron chi connectivity index (χ0n) is 13.0. The van der Waals surface area contributed by atoms with Crippen LogP contribution in [0, 0.1) is 11.8 Å². The summed E-state index contributed by atoms with van der Waals surface area (Å²) < 4.78 is 1.80. The molecule has 0 aromatic carbocycles. The zero-order chi connectivity index (χ0) is 15.7. The van der Waals surface area contributed by atoms with Crippen LogP contribution < -0.4 is 0 Å². The summed E-state index contributed by atoms with van der Waals surface area (Å²) in [5.74, 6) is -1.40. The number of rotatable bonds is 5. The highest BCUT2D eigenvalue weighted by atomic mass is 16.4. The first-order valence-electron chi connectivity index (χ1n) is 7.37. The Morgan fingerprint density at radius 2 is 2.10 bits per heavy atom. The lowest BCUT2D eigenvalue weighted by atomic mass is 9.95. The molecule has 116 valence electrons. The van der Waals surface area contributed by atoms with Crippen molar-refractivity contribution in [3.05, 3.63) is 18.0 Å². The maximum atomic E-state index is 12.2. The molecule has 0 bridgehead atoms.